The molecule has 2 aromatic heterocycles. The summed E-state index contributed by atoms with van der Waals surface area (Å²) in [7, 11) is 6.47. The number of nitrogens with one attached hydrogen (secondary N) is 1. The Balaban J connectivity index is 1.50. The van der Waals surface area contributed by atoms with Crippen LogP contribution in [0.5, 0.6) is 17.2 Å². The zero-order valence-electron chi connectivity index (χ0n) is 21.5. The SMILES string of the molecule is CCOC(=O)c1c(NC(=O)CSc2nnc(-c3cc(OC)c(OC)c(OC)c3)n2C)sc2c1CCCC2. The van der Waals surface area contributed by atoms with E-state index < -0.39 is 0 Å². The Labute approximate surface area is 223 Å². The van der Waals surface area contributed by atoms with Gasteiger partial charge in [-0.05, 0) is 50.3 Å². The fourth-order valence-corrected chi connectivity index (χ4v) is 6.27. The maximum Gasteiger partial charge on any atom is 0.341 e. The van der Waals surface area contributed by atoms with Gasteiger partial charge in [-0.25, -0.2) is 4.79 Å². The van der Waals surface area contributed by atoms with Crippen LogP contribution in [0, 0.1) is 0 Å². The van der Waals surface area contributed by atoms with Crippen molar-refractivity contribution in [3.05, 3.63) is 28.1 Å². The Hall–Kier alpha value is -3.25. The number of anilines is 1. The fraction of sp³-hybridized carbons (Fsp3) is 0.440. The maximum atomic E-state index is 12.9. The molecule has 0 saturated heterocycles. The molecule has 198 valence electrons. The molecular weight excluding hydrogens is 516 g/mol. The average molecular weight is 547 g/mol. The molecule has 1 aromatic carbocycles. The average Bonchev–Trinajstić information content (AvgIpc) is 3.46. The van der Waals surface area contributed by atoms with Crippen molar-refractivity contribution in [1.82, 2.24) is 14.8 Å². The molecule has 0 saturated carbocycles. The number of hydrogen-bond acceptors (Lipinski definition) is 10. The van der Waals surface area contributed by atoms with E-state index in [1.165, 1.54) is 23.1 Å². The van der Waals surface area contributed by atoms with Crippen molar-refractivity contribution in [2.45, 2.75) is 37.8 Å². The van der Waals surface area contributed by atoms with Gasteiger partial charge in [-0.15, -0.1) is 21.5 Å². The summed E-state index contributed by atoms with van der Waals surface area (Å²) in [5.74, 6) is 1.57. The molecular formula is C25H30N4O6S2. The van der Waals surface area contributed by atoms with Gasteiger partial charge in [0.2, 0.25) is 11.7 Å². The summed E-state index contributed by atoms with van der Waals surface area (Å²) in [4.78, 5) is 26.7. The first-order chi connectivity index (χ1) is 17.9. The number of hydrogen-bond donors (Lipinski definition) is 1. The van der Waals surface area contributed by atoms with E-state index in [4.69, 9.17) is 18.9 Å². The lowest BCUT2D eigenvalue weighted by atomic mass is 9.95. The summed E-state index contributed by atoms with van der Waals surface area (Å²) in [5.41, 5.74) is 2.24. The van der Waals surface area contributed by atoms with Gasteiger partial charge in [0.1, 0.15) is 5.00 Å². The number of methoxy groups -OCH3 is 3. The molecule has 1 N–H and O–H groups in total. The van der Waals surface area contributed by atoms with Crippen molar-refractivity contribution in [3.63, 3.8) is 0 Å². The Morgan fingerprint density at radius 1 is 1.08 bits per heavy atom. The molecule has 1 amide bonds. The van der Waals surface area contributed by atoms with Crippen LogP contribution in [0.2, 0.25) is 0 Å². The van der Waals surface area contributed by atoms with E-state index in [0.29, 0.717) is 38.8 Å². The van der Waals surface area contributed by atoms with E-state index >= 15 is 0 Å². The smallest absolute Gasteiger partial charge is 0.341 e. The van der Waals surface area contributed by atoms with Gasteiger partial charge in [0.15, 0.2) is 22.5 Å². The standard InChI is InChI=1S/C25H30N4O6S2/c1-6-35-24(31)20-15-9-7-8-10-18(15)37-23(20)26-19(30)13-36-25-28-27-22(29(25)2)14-11-16(32-3)21(34-5)17(12-14)33-4/h11-12H,6-10,13H2,1-5H3,(H,26,30). The van der Waals surface area contributed by atoms with Gasteiger partial charge in [0.05, 0.1) is 39.3 Å². The predicted molar refractivity (Wildman–Crippen MR) is 142 cm³/mol. The van der Waals surface area contributed by atoms with E-state index in [-0.39, 0.29) is 24.2 Å². The summed E-state index contributed by atoms with van der Waals surface area (Å²) >= 11 is 2.73. The number of nitrogens with zero attached hydrogens (tertiary/aromatic N) is 3. The first kappa shape index (κ1) is 26.8. The molecule has 0 unspecified atom stereocenters. The number of carbonyl (C=O) groups excluding carboxylic acids is 2. The third-order valence-corrected chi connectivity index (χ3v) is 8.22. The van der Waals surface area contributed by atoms with Gasteiger partial charge >= 0.3 is 5.97 Å². The highest BCUT2D eigenvalue weighted by Crippen LogP contribution is 2.41. The Morgan fingerprint density at radius 2 is 1.78 bits per heavy atom. The van der Waals surface area contributed by atoms with Gasteiger partial charge in [0, 0.05) is 17.5 Å². The van der Waals surface area contributed by atoms with E-state index in [1.807, 2.05) is 7.05 Å². The Kier molecular flexibility index (Phi) is 8.59. The van der Waals surface area contributed by atoms with E-state index in [0.717, 1.165) is 41.7 Å². The molecule has 0 aliphatic heterocycles. The number of ether oxygens (including phenoxy) is 4. The number of fused-ring (bicyclic) bond motifs is 1. The quantitative estimate of drug-likeness (QED) is 0.293. The largest absolute Gasteiger partial charge is 0.493 e. The van der Waals surface area contributed by atoms with Crippen LogP contribution in [0.3, 0.4) is 0 Å². The van der Waals surface area contributed by atoms with Crippen molar-refractivity contribution in [3.8, 4) is 28.6 Å². The van der Waals surface area contributed by atoms with Crippen molar-refractivity contribution in [2.75, 3.05) is 39.0 Å². The number of thiophene rings is 1. The Bertz CT molecular complexity index is 1280. The molecule has 0 spiro atoms. The number of rotatable bonds is 10. The molecule has 4 rings (SSSR count). The molecule has 2 heterocycles. The summed E-state index contributed by atoms with van der Waals surface area (Å²) in [6, 6.07) is 3.59. The van der Waals surface area contributed by atoms with Crippen molar-refractivity contribution >= 4 is 40.0 Å². The number of esters is 1. The third-order valence-electron chi connectivity index (χ3n) is 5.99. The van der Waals surface area contributed by atoms with Crippen LogP contribution in [0.1, 0.15) is 40.6 Å². The lowest BCUT2D eigenvalue weighted by Crippen LogP contribution is -2.17. The highest BCUT2D eigenvalue weighted by Gasteiger charge is 2.27. The van der Waals surface area contributed by atoms with Gasteiger partial charge in [0.25, 0.3) is 0 Å². The molecule has 3 aromatic rings. The first-order valence-corrected chi connectivity index (χ1v) is 13.7. The summed E-state index contributed by atoms with van der Waals surface area (Å²) in [6.07, 6.45) is 3.85. The molecule has 0 radical (unpaired) electrons. The van der Waals surface area contributed by atoms with Gasteiger partial charge in [-0.2, -0.15) is 0 Å². The van der Waals surface area contributed by atoms with Crippen LogP contribution >= 0.6 is 23.1 Å². The first-order valence-electron chi connectivity index (χ1n) is 11.9. The van der Waals surface area contributed by atoms with Crippen molar-refractivity contribution in [2.24, 2.45) is 7.05 Å². The maximum absolute atomic E-state index is 12.9. The summed E-state index contributed by atoms with van der Waals surface area (Å²) < 4.78 is 23.4. The second kappa shape index (κ2) is 11.9. The number of amides is 1. The number of thioether (sulfide) groups is 1. The van der Waals surface area contributed by atoms with Crippen LogP contribution in [-0.2, 0) is 29.4 Å². The summed E-state index contributed by atoms with van der Waals surface area (Å²) in [5, 5.41) is 12.6. The molecule has 0 fully saturated rings. The molecule has 12 heteroatoms. The minimum absolute atomic E-state index is 0.103. The fourth-order valence-electron chi connectivity index (χ4n) is 4.27. The minimum atomic E-state index is -0.381. The minimum Gasteiger partial charge on any atom is -0.493 e. The van der Waals surface area contributed by atoms with E-state index in [2.05, 4.69) is 15.5 Å². The number of aryl methyl sites for hydroxylation is 1. The zero-order chi connectivity index (χ0) is 26.5. The van der Waals surface area contributed by atoms with Crippen LogP contribution in [-0.4, -0.2) is 60.3 Å². The molecule has 1 aliphatic carbocycles. The highest BCUT2D eigenvalue weighted by atomic mass is 32.2. The van der Waals surface area contributed by atoms with Gasteiger partial charge < -0.3 is 28.8 Å². The summed E-state index contributed by atoms with van der Waals surface area (Å²) in [6.45, 7) is 2.06. The molecule has 0 bridgehead atoms. The van der Waals surface area contributed by atoms with Crippen molar-refractivity contribution < 1.29 is 28.5 Å². The van der Waals surface area contributed by atoms with Crippen LogP contribution in [0.4, 0.5) is 5.00 Å². The molecule has 10 nitrogen and oxygen atoms in total. The Morgan fingerprint density at radius 3 is 2.43 bits per heavy atom. The second-order valence-electron chi connectivity index (χ2n) is 8.25. The lowest BCUT2D eigenvalue weighted by Gasteiger charge is -2.14. The predicted octanol–water partition coefficient (Wildman–Crippen LogP) is 4.36. The topological polar surface area (TPSA) is 114 Å². The normalized spacial score (nSPS) is 12.6. The lowest BCUT2D eigenvalue weighted by molar-refractivity contribution is -0.113. The number of aromatic nitrogens is 3. The number of carbonyl (C=O) groups is 2. The molecule has 0 atom stereocenters. The molecule has 1 aliphatic rings. The zero-order valence-corrected chi connectivity index (χ0v) is 23.1. The van der Waals surface area contributed by atoms with Gasteiger partial charge in [-0.1, -0.05) is 11.8 Å². The highest BCUT2D eigenvalue weighted by molar-refractivity contribution is 7.99. The van der Waals surface area contributed by atoms with Crippen LogP contribution in [0.15, 0.2) is 17.3 Å². The molecule has 37 heavy (non-hydrogen) atoms. The van der Waals surface area contributed by atoms with Crippen LogP contribution in [0.25, 0.3) is 11.4 Å². The van der Waals surface area contributed by atoms with E-state index in [9.17, 15) is 9.59 Å². The second-order valence-corrected chi connectivity index (χ2v) is 10.3. The third kappa shape index (κ3) is 5.54. The van der Waals surface area contributed by atoms with Crippen LogP contribution < -0.4 is 19.5 Å². The number of benzene rings is 1. The van der Waals surface area contributed by atoms with E-state index in [1.54, 1.807) is 45.0 Å². The van der Waals surface area contributed by atoms with Gasteiger partial charge in [-0.3, -0.25) is 4.79 Å². The van der Waals surface area contributed by atoms with Crippen molar-refractivity contribution in [1.29, 1.82) is 0 Å². The monoisotopic (exact) mass is 546 g/mol.